The van der Waals surface area contributed by atoms with Gasteiger partial charge in [-0.15, -0.1) is 45.3 Å². The van der Waals surface area contributed by atoms with Crippen molar-refractivity contribution < 1.29 is 0 Å². The molecule has 4 nitrogen and oxygen atoms in total. The van der Waals surface area contributed by atoms with Crippen molar-refractivity contribution in [1.82, 2.24) is 0 Å². The normalized spacial score (nSPS) is 13.6. The summed E-state index contributed by atoms with van der Waals surface area (Å²) in [5.74, 6) is 12.1. The quantitative estimate of drug-likeness (QED) is 0.175. The molecule has 178 valence electrons. The van der Waals surface area contributed by atoms with Gasteiger partial charge in [0.1, 0.15) is 0 Å². The Hall–Kier alpha value is -3.04. The Morgan fingerprint density at radius 1 is 0.528 bits per heavy atom. The van der Waals surface area contributed by atoms with Crippen molar-refractivity contribution in [2.24, 2.45) is 21.9 Å². The van der Waals surface area contributed by atoms with E-state index in [0.717, 1.165) is 32.3 Å². The van der Waals surface area contributed by atoms with E-state index in [-0.39, 0.29) is 0 Å². The second-order valence-corrected chi connectivity index (χ2v) is 13.9. The van der Waals surface area contributed by atoms with E-state index in [1.807, 2.05) is 45.3 Å². The van der Waals surface area contributed by atoms with Crippen LogP contribution in [0.25, 0.3) is 61.2 Å². The second kappa shape index (κ2) is 7.73. The highest BCUT2D eigenvalue weighted by Gasteiger charge is 2.24. The van der Waals surface area contributed by atoms with E-state index in [1.165, 1.54) is 60.6 Å². The fourth-order valence-corrected chi connectivity index (χ4v) is 10.0. The average molecular weight is 543 g/mol. The third kappa shape index (κ3) is 2.84. The van der Waals surface area contributed by atoms with E-state index in [1.54, 1.807) is 0 Å². The summed E-state index contributed by atoms with van der Waals surface area (Å²) in [7, 11) is 0. The minimum atomic E-state index is 0.879. The Morgan fingerprint density at radius 2 is 0.944 bits per heavy atom. The first kappa shape index (κ1) is 22.2. The molecule has 0 aliphatic rings. The summed E-state index contributed by atoms with van der Waals surface area (Å²) < 4.78 is 2.47. The lowest BCUT2D eigenvalue weighted by atomic mass is 9.98. The summed E-state index contributed by atoms with van der Waals surface area (Å²) >= 11 is 7.28. The van der Waals surface area contributed by atoms with Crippen LogP contribution in [0.2, 0.25) is 0 Å². The summed E-state index contributed by atoms with van der Waals surface area (Å²) in [6.45, 7) is 8.68. The highest BCUT2D eigenvalue weighted by Crippen LogP contribution is 2.46. The van der Waals surface area contributed by atoms with Crippen molar-refractivity contribution in [2.75, 3.05) is 0 Å². The molecule has 8 heteroatoms. The van der Waals surface area contributed by atoms with Gasteiger partial charge in [0.25, 0.3) is 0 Å². The summed E-state index contributed by atoms with van der Waals surface area (Å²) in [5, 5.41) is 17.4. The molecule has 0 spiro atoms. The van der Waals surface area contributed by atoms with Gasteiger partial charge in [-0.2, -0.15) is 10.2 Å². The minimum Gasteiger partial charge on any atom is -0.323 e. The first-order valence-electron chi connectivity index (χ1n) is 11.6. The predicted octanol–water partition coefficient (Wildman–Crippen LogP) is 7.54. The number of rotatable bonds is 2. The van der Waals surface area contributed by atoms with E-state index in [2.05, 4.69) is 74.3 Å². The number of hydrogen-bond donors (Lipinski definition) is 2. The van der Waals surface area contributed by atoms with Crippen LogP contribution in [-0.2, 0) is 0 Å². The zero-order valence-corrected chi connectivity index (χ0v) is 23.4. The third-order valence-corrected chi connectivity index (χ3v) is 11.8. The van der Waals surface area contributed by atoms with E-state index < -0.39 is 0 Å². The largest absolute Gasteiger partial charge is 0.323 e. The van der Waals surface area contributed by atoms with Gasteiger partial charge in [0, 0.05) is 71.0 Å². The van der Waals surface area contributed by atoms with Crippen LogP contribution in [0.4, 0.5) is 0 Å². The summed E-state index contributed by atoms with van der Waals surface area (Å²) in [4.78, 5) is 7.69. The molecule has 0 radical (unpaired) electrons. The van der Waals surface area contributed by atoms with Crippen LogP contribution in [0.5, 0.6) is 0 Å². The molecular weight excluding hydrogens is 521 g/mol. The molecule has 7 aromatic rings. The summed E-state index contributed by atoms with van der Waals surface area (Å²) in [6, 6.07) is 13.3. The number of fused-ring (bicyclic) bond motifs is 6. The van der Waals surface area contributed by atoms with Gasteiger partial charge >= 0.3 is 0 Å². The number of benzene rings is 1. The van der Waals surface area contributed by atoms with Crippen LogP contribution in [0.1, 0.15) is 20.9 Å². The van der Waals surface area contributed by atoms with Crippen LogP contribution in [0.3, 0.4) is 0 Å². The zero-order chi connectivity index (χ0) is 24.9. The topological polar surface area (TPSA) is 76.8 Å². The second-order valence-electron chi connectivity index (χ2n) is 9.23. The molecule has 36 heavy (non-hydrogen) atoms. The molecule has 7 rings (SSSR count). The molecule has 4 aromatic heterocycles. The Labute approximate surface area is 223 Å². The van der Waals surface area contributed by atoms with E-state index in [9.17, 15) is 0 Å². The Bertz CT molecular complexity index is 1970. The lowest BCUT2D eigenvalue weighted by Gasteiger charge is -2.07. The Morgan fingerprint density at radius 3 is 1.28 bits per heavy atom. The molecule has 0 aliphatic carbocycles. The summed E-state index contributed by atoms with van der Waals surface area (Å²) in [5.41, 5.74) is 2.39. The van der Waals surface area contributed by atoms with Gasteiger partial charge in [0.2, 0.25) is 0 Å². The minimum absolute atomic E-state index is 0.879. The summed E-state index contributed by atoms with van der Waals surface area (Å²) in [6.07, 6.45) is 0. The molecule has 0 bridgehead atoms. The maximum absolute atomic E-state index is 6.07. The standard InChI is InChI=1S/C28H22N4S4/c1-11-5-7-17(33-11)19-9-15-25(31-29)21-14(4)24-22(13(3)23(21)27(15)35-19)26(32-30)16-10-20(36-28(16)24)18-8-6-12(2)34-18/h5-10H,29-30H2,1-4H3/b31-25-,32-26-. The first-order valence-corrected chi connectivity index (χ1v) is 14.8. The van der Waals surface area contributed by atoms with Crippen molar-refractivity contribution in [3.63, 3.8) is 0 Å². The highest BCUT2D eigenvalue weighted by atomic mass is 32.1. The van der Waals surface area contributed by atoms with E-state index in [4.69, 9.17) is 11.7 Å². The van der Waals surface area contributed by atoms with Gasteiger partial charge in [-0.1, -0.05) is 0 Å². The molecule has 3 aromatic carbocycles. The van der Waals surface area contributed by atoms with Gasteiger partial charge in [-0.05, 0) is 75.2 Å². The fourth-order valence-electron chi connectivity index (χ4n) is 5.58. The first-order chi connectivity index (χ1) is 17.4. The average Bonchev–Trinajstić information content (AvgIpc) is 3.65. The number of thiophene rings is 4. The number of aryl methyl sites for hydroxylation is 4. The van der Waals surface area contributed by atoms with Crippen LogP contribution < -0.4 is 22.4 Å². The molecule has 4 N–H and O–H groups in total. The maximum atomic E-state index is 6.07. The number of nitrogens with zero attached hydrogens (tertiary/aromatic N) is 2. The van der Waals surface area contributed by atoms with Crippen molar-refractivity contribution in [1.29, 1.82) is 0 Å². The van der Waals surface area contributed by atoms with Crippen LogP contribution in [0.15, 0.2) is 46.6 Å². The van der Waals surface area contributed by atoms with Crippen molar-refractivity contribution in [2.45, 2.75) is 27.7 Å². The zero-order valence-electron chi connectivity index (χ0n) is 20.1. The molecule has 0 amide bonds. The van der Waals surface area contributed by atoms with Gasteiger partial charge in [-0.3, -0.25) is 0 Å². The predicted molar refractivity (Wildman–Crippen MR) is 160 cm³/mol. The molecule has 0 saturated carbocycles. The SMILES string of the molecule is Cc1ccc(-c2cc3/c(=N/N)c4c(C)c5c(c(C)c4c3s2)/c(=N\N)c2cc(-c3ccc(C)s3)sc25)s1. The molecule has 0 atom stereocenters. The van der Waals surface area contributed by atoms with Gasteiger partial charge in [-0.25, -0.2) is 0 Å². The Kier molecular flexibility index (Phi) is 4.76. The van der Waals surface area contributed by atoms with Crippen LogP contribution in [-0.4, -0.2) is 0 Å². The van der Waals surface area contributed by atoms with Gasteiger partial charge in [0.15, 0.2) is 0 Å². The van der Waals surface area contributed by atoms with Crippen molar-refractivity contribution >= 4 is 87.1 Å². The lowest BCUT2D eigenvalue weighted by Crippen LogP contribution is -2.07. The molecule has 0 saturated heterocycles. The molecular formula is C28H22N4S4. The molecule has 0 unspecified atom stereocenters. The van der Waals surface area contributed by atoms with Gasteiger partial charge in [0.05, 0.1) is 10.7 Å². The fraction of sp³-hybridized carbons (Fsp3) is 0.143. The molecule has 0 fully saturated rings. The lowest BCUT2D eigenvalue weighted by molar-refractivity contribution is 1.17. The van der Waals surface area contributed by atoms with Crippen molar-refractivity contribution in [3.05, 3.63) is 68.0 Å². The van der Waals surface area contributed by atoms with Crippen LogP contribution >= 0.6 is 45.3 Å². The number of hydrogen-bond acceptors (Lipinski definition) is 8. The van der Waals surface area contributed by atoms with Crippen molar-refractivity contribution in [3.8, 4) is 19.5 Å². The van der Waals surface area contributed by atoms with E-state index in [0.29, 0.717) is 0 Å². The molecule has 4 heterocycles. The Balaban J connectivity index is 1.63. The van der Waals surface area contributed by atoms with E-state index >= 15 is 0 Å². The van der Waals surface area contributed by atoms with Gasteiger partial charge < -0.3 is 11.7 Å². The molecule has 0 aliphatic heterocycles. The highest BCUT2D eigenvalue weighted by molar-refractivity contribution is 7.27. The maximum Gasteiger partial charge on any atom is 0.0995 e. The monoisotopic (exact) mass is 542 g/mol. The third-order valence-electron chi connectivity index (χ3n) is 7.13. The number of nitrogens with two attached hydrogens (primary N) is 2. The van der Waals surface area contributed by atoms with Crippen LogP contribution in [0, 0.1) is 27.7 Å². The smallest absolute Gasteiger partial charge is 0.0995 e.